The van der Waals surface area contributed by atoms with Crippen LogP contribution in [0.3, 0.4) is 0 Å². The van der Waals surface area contributed by atoms with Crippen LogP contribution in [0, 0.1) is 0 Å². The Kier molecular flexibility index (Phi) is 7.69. The predicted octanol–water partition coefficient (Wildman–Crippen LogP) is 1.66. The number of ether oxygens (including phenoxy) is 1. The van der Waals surface area contributed by atoms with Crippen LogP contribution in [0.2, 0.25) is 5.02 Å². The van der Waals surface area contributed by atoms with Crippen LogP contribution in [0.1, 0.15) is 6.92 Å². The predicted molar refractivity (Wildman–Crippen MR) is 79.0 cm³/mol. The number of rotatable bonds is 6. The highest BCUT2D eigenvalue weighted by atomic mass is 35.5. The van der Waals surface area contributed by atoms with Gasteiger partial charge in [0.25, 0.3) is 0 Å². The Morgan fingerprint density at radius 1 is 1.42 bits per heavy atom. The van der Waals surface area contributed by atoms with Crippen LogP contribution in [0.25, 0.3) is 0 Å². The molecule has 1 aromatic rings. The van der Waals surface area contributed by atoms with E-state index in [4.69, 9.17) is 16.3 Å². The molecular formula is C11H18Cl2N2O3S. The summed E-state index contributed by atoms with van der Waals surface area (Å²) in [6.07, 6.45) is 0. The van der Waals surface area contributed by atoms with E-state index in [2.05, 4.69) is 10.0 Å². The van der Waals surface area contributed by atoms with Gasteiger partial charge in [-0.3, -0.25) is 0 Å². The van der Waals surface area contributed by atoms with Crippen LogP contribution >= 0.6 is 24.0 Å². The van der Waals surface area contributed by atoms with Gasteiger partial charge < -0.3 is 10.1 Å². The van der Waals surface area contributed by atoms with Crippen LogP contribution in [-0.4, -0.2) is 35.2 Å². The fourth-order valence-corrected chi connectivity index (χ4v) is 2.84. The van der Waals surface area contributed by atoms with Crippen molar-refractivity contribution in [1.82, 2.24) is 10.0 Å². The Labute approximate surface area is 125 Å². The summed E-state index contributed by atoms with van der Waals surface area (Å²) in [5.41, 5.74) is 0. The summed E-state index contributed by atoms with van der Waals surface area (Å²) >= 11 is 5.81. The molecule has 2 N–H and O–H groups in total. The van der Waals surface area contributed by atoms with Gasteiger partial charge in [0.15, 0.2) is 0 Å². The molecule has 1 rings (SSSR count). The number of methoxy groups -OCH3 is 1. The van der Waals surface area contributed by atoms with Gasteiger partial charge in [-0.1, -0.05) is 11.6 Å². The van der Waals surface area contributed by atoms with E-state index in [1.54, 1.807) is 13.1 Å². The van der Waals surface area contributed by atoms with Crippen molar-refractivity contribution >= 4 is 34.0 Å². The molecule has 0 saturated carbocycles. The van der Waals surface area contributed by atoms with Crippen LogP contribution in [0.15, 0.2) is 23.1 Å². The molecule has 19 heavy (non-hydrogen) atoms. The van der Waals surface area contributed by atoms with E-state index in [0.717, 1.165) is 0 Å². The van der Waals surface area contributed by atoms with Crippen molar-refractivity contribution in [2.75, 3.05) is 20.7 Å². The zero-order valence-corrected chi connectivity index (χ0v) is 13.3. The minimum atomic E-state index is -3.63. The van der Waals surface area contributed by atoms with Gasteiger partial charge >= 0.3 is 0 Å². The SMILES string of the molecule is CNC(C)CNS(=O)(=O)c1cc(Cl)ccc1OC.Cl. The molecule has 0 amide bonds. The molecule has 8 heteroatoms. The zero-order valence-electron chi connectivity index (χ0n) is 10.9. The molecule has 0 aliphatic heterocycles. The van der Waals surface area contributed by atoms with E-state index in [9.17, 15) is 8.42 Å². The van der Waals surface area contributed by atoms with Gasteiger partial charge in [-0.15, -0.1) is 12.4 Å². The van der Waals surface area contributed by atoms with Crippen molar-refractivity contribution in [2.24, 2.45) is 0 Å². The third-order valence-electron chi connectivity index (χ3n) is 2.49. The molecule has 0 aliphatic carbocycles. The number of benzene rings is 1. The van der Waals surface area contributed by atoms with Gasteiger partial charge in [0.2, 0.25) is 10.0 Å². The molecule has 1 atom stereocenters. The number of nitrogens with one attached hydrogen (secondary N) is 2. The Bertz CT molecular complexity index is 509. The van der Waals surface area contributed by atoms with Crippen molar-refractivity contribution in [3.8, 4) is 5.75 Å². The number of hydrogen-bond donors (Lipinski definition) is 2. The summed E-state index contributed by atoms with van der Waals surface area (Å²) in [7, 11) is -0.452. The van der Waals surface area contributed by atoms with E-state index in [1.807, 2.05) is 6.92 Å². The van der Waals surface area contributed by atoms with Gasteiger partial charge in [0.05, 0.1) is 7.11 Å². The van der Waals surface area contributed by atoms with Crippen molar-refractivity contribution in [3.63, 3.8) is 0 Å². The molecule has 1 unspecified atom stereocenters. The summed E-state index contributed by atoms with van der Waals surface area (Å²) in [6.45, 7) is 2.16. The number of likely N-dealkylation sites (N-methyl/N-ethyl adjacent to an activating group) is 1. The number of hydrogen-bond acceptors (Lipinski definition) is 4. The van der Waals surface area contributed by atoms with Crippen LogP contribution in [-0.2, 0) is 10.0 Å². The molecule has 110 valence electrons. The molecule has 0 fully saturated rings. The quantitative estimate of drug-likeness (QED) is 0.833. The van der Waals surface area contributed by atoms with Crippen LogP contribution < -0.4 is 14.8 Å². The van der Waals surface area contributed by atoms with Gasteiger partial charge in [0, 0.05) is 17.6 Å². The van der Waals surface area contributed by atoms with Crippen molar-refractivity contribution in [1.29, 1.82) is 0 Å². The maximum absolute atomic E-state index is 12.1. The lowest BCUT2D eigenvalue weighted by Crippen LogP contribution is -2.37. The first-order valence-electron chi connectivity index (χ1n) is 5.41. The molecule has 1 aromatic carbocycles. The Hall–Kier alpha value is -0.530. The van der Waals surface area contributed by atoms with Gasteiger partial charge in [-0.2, -0.15) is 0 Å². The second-order valence-corrected chi connectivity index (χ2v) is 6.01. The summed E-state index contributed by atoms with van der Waals surface area (Å²) in [4.78, 5) is 0.0424. The lowest BCUT2D eigenvalue weighted by Gasteiger charge is -2.14. The molecule has 5 nitrogen and oxygen atoms in total. The van der Waals surface area contributed by atoms with E-state index in [0.29, 0.717) is 5.02 Å². The summed E-state index contributed by atoms with van der Waals surface area (Å²) in [5, 5.41) is 3.29. The molecule has 0 aliphatic rings. The van der Waals surface area contributed by atoms with Crippen LogP contribution in [0.5, 0.6) is 5.75 Å². The highest BCUT2D eigenvalue weighted by molar-refractivity contribution is 7.89. The molecular weight excluding hydrogens is 311 g/mol. The lowest BCUT2D eigenvalue weighted by atomic mass is 10.3. The largest absolute Gasteiger partial charge is 0.495 e. The molecule has 0 radical (unpaired) electrons. The summed E-state index contributed by atoms with van der Waals surface area (Å²) in [6, 6.07) is 4.51. The average molecular weight is 329 g/mol. The first-order valence-corrected chi connectivity index (χ1v) is 7.27. The third-order valence-corrected chi connectivity index (χ3v) is 4.17. The Morgan fingerprint density at radius 2 is 2.05 bits per heavy atom. The average Bonchev–Trinajstić information content (AvgIpc) is 2.36. The Morgan fingerprint density at radius 3 is 2.58 bits per heavy atom. The highest BCUT2D eigenvalue weighted by Gasteiger charge is 2.20. The van der Waals surface area contributed by atoms with Gasteiger partial charge in [-0.25, -0.2) is 13.1 Å². The van der Waals surface area contributed by atoms with Gasteiger partial charge in [-0.05, 0) is 32.2 Å². The van der Waals surface area contributed by atoms with E-state index in [-0.39, 0.29) is 35.6 Å². The van der Waals surface area contributed by atoms with Crippen molar-refractivity contribution < 1.29 is 13.2 Å². The first-order chi connectivity index (χ1) is 8.40. The van der Waals surface area contributed by atoms with Crippen LogP contribution in [0.4, 0.5) is 0 Å². The lowest BCUT2D eigenvalue weighted by molar-refractivity contribution is 0.402. The molecule has 0 bridgehead atoms. The minimum absolute atomic E-state index is 0. The second kappa shape index (κ2) is 7.91. The topological polar surface area (TPSA) is 67.4 Å². The maximum Gasteiger partial charge on any atom is 0.244 e. The standard InChI is InChI=1S/C11H17ClN2O3S.ClH/c1-8(13-2)7-14-18(15,16)11-6-9(12)4-5-10(11)17-3;/h4-6,8,13-14H,7H2,1-3H3;1H. The zero-order chi connectivity index (χ0) is 13.8. The minimum Gasteiger partial charge on any atom is -0.495 e. The van der Waals surface area contributed by atoms with Gasteiger partial charge in [0.1, 0.15) is 10.6 Å². The molecule has 0 saturated heterocycles. The molecule has 0 aromatic heterocycles. The molecule has 0 spiro atoms. The highest BCUT2D eigenvalue weighted by Crippen LogP contribution is 2.26. The van der Waals surface area contributed by atoms with E-state index in [1.165, 1.54) is 19.2 Å². The fraction of sp³-hybridized carbons (Fsp3) is 0.455. The van der Waals surface area contributed by atoms with E-state index >= 15 is 0 Å². The summed E-state index contributed by atoms with van der Waals surface area (Å²) < 4.78 is 31.7. The fourth-order valence-electron chi connectivity index (χ4n) is 1.28. The first kappa shape index (κ1) is 18.5. The normalized spacial score (nSPS) is 12.6. The second-order valence-electron chi connectivity index (χ2n) is 3.84. The third kappa shape index (κ3) is 5.16. The number of sulfonamides is 1. The van der Waals surface area contributed by atoms with Crippen molar-refractivity contribution in [3.05, 3.63) is 23.2 Å². The van der Waals surface area contributed by atoms with E-state index < -0.39 is 10.0 Å². The summed E-state index contributed by atoms with van der Waals surface area (Å²) in [5.74, 6) is 0.268. The maximum atomic E-state index is 12.1. The Balaban J connectivity index is 0.00000324. The van der Waals surface area contributed by atoms with Crippen molar-refractivity contribution in [2.45, 2.75) is 17.9 Å². The monoisotopic (exact) mass is 328 g/mol. The molecule has 0 heterocycles. The number of halogens is 2. The smallest absolute Gasteiger partial charge is 0.244 e.